The maximum absolute atomic E-state index is 9.86. The summed E-state index contributed by atoms with van der Waals surface area (Å²) in [5.41, 5.74) is 0.0312. The van der Waals surface area contributed by atoms with E-state index in [1.165, 1.54) is 122 Å². The molecule has 30 heavy (non-hydrogen) atoms. The zero-order valence-corrected chi connectivity index (χ0v) is 20.5. The van der Waals surface area contributed by atoms with Crippen molar-refractivity contribution in [3.63, 3.8) is 0 Å². The van der Waals surface area contributed by atoms with E-state index < -0.39 is 0 Å². The fourth-order valence-corrected chi connectivity index (χ4v) is 7.75. The monoisotopic (exact) mass is 413 g/mol. The lowest BCUT2D eigenvalue weighted by Crippen LogP contribution is -2.34. The van der Waals surface area contributed by atoms with Gasteiger partial charge in [-0.3, -0.25) is 0 Å². The van der Waals surface area contributed by atoms with Crippen LogP contribution in [0, 0.1) is 46.3 Å². The van der Waals surface area contributed by atoms with Crippen LogP contribution in [0.4, 0.5) is 0 Å². The van der Waals surface area contributed by atoms with Gasteiger partial charge in [0.25, 0.3) is 0 Å². The lowest BCUT2D eigenvalue weighted by molar-refractivity contribution is 0.0820. The molecule has 3 saturated carbocycles. The van der Waals surface area contributed by atoms with Crippen molar-refractivity contribution in [2.75, 3.05) is 0 Å². The van der Waals surface area contributed by atoms with Crippen LogP contribution in [0.15, 0.2) is 0 Å². The minimum absolute atomic E-state index is 0.0312. The second-order valence-electron chi connectivity index (χ2n) is 11.7. The van der Waals surface area contributed by atoms with Gasteiger partial charge in [-0.15, -0.1) is 0 Å². The number of nitrogens with zero attached hydrogens (tertiary/aromatic N) is 1. The van der Waals surface area contributed by atoms with E-state index in [2.05, 4.69) is 19.9 Å². The SMILES string of the molecule is CCCCCCCC1CCC(C2CCC(C3CCCC(C#N)(CCC)C3)CC2)CC1. The van der Waals surface area contributed by atoms with E-state index in [0.29, 0.717) is 0 Å². The van der Waals surface area contributed by atoms with Crippen molar-refractivity contribution < 1.29 is 0 Å². The van der Waals surface area contributed by atoms with Crippen LogP contribution in [0.25, 0.3) is 0 Å². The van der Waals surface area contributed by atoms with E-state index in [1.807, 2.05) is 0 Å². The van der Waals surface area contributed by atoms with Gasteiger partial charge < -0.3 is 0 Å². The summed E-state index contributed by atoms with van der Waals surface area (Å²) in [6, 6.07) is 2.78. The lowest BCUT2D eigenvalue weighted by Gasteiger charge is -2.43. The Labute approximate surface area is 188 Å². The minimum Gasteiger partial charge on any atom is -0.198 e. The predicted molar refractivity (Wildman–Crippen MR) is 129 cm³/mol. The van der Waals surface area contributed by atoms with Gasteiger partial charge in [-0.25, -0.2) is 0 Å². The molecule has 0 aliphatic heterocycles. The highest BCUT2D eigenvalue weighted by atomic mass is 14.5. The molecule has 0 aromatic heterocycles. The average Bonchev–Trinajstić information content (AvgIpc) is 2.80. The van der Waals surface area contributed by atoms with Crippen LogP contribution in [0.1, 0.15) is 142 Å². The Kier molecular flexibility index (Phi) is 10.1. The molecule has 0 aromatic carbocycles. The van der Waals surface area contributed by atoms with Crippen molar-refractivity contribution in [3.8, 4) is 6.07 Å². The lowest BCUT2D eigenvalue weighted by atomic mass is 9.61. The van der Waals surface area contributed by atoms with E-state index in [1.54, 1.807) is 0 Å². The standard InChI is InChI=1S/C29H51N/c1-3-5-6-7-8-10-24-12-14-25(15-13-24)26-16-18-27(19-17-26)28-11-9-21-29(22-28,23-30)20-4-2/h24-28H,3-22H2,1-2H3. The number of nitriles is 1. The molecule has 1 nitrogen and oxygen atoms in total. The normalized spacial score (nSPS) is 37.6. The Morgan fingerprint density at radius 1 is 0.700 bits per heavy atom. The first-order valence-corrected chi connectivity index (χ1v) is 14.1. The number of rotatable bonds is 10. The molecule has 3 fully saturated rings. The van der Waals surface area contributed by atoms with Crippen molar-refractivity contribution in [3.05, 3.63) is 0 Å². The van der Waals surface area contributed by atoms with Gasteiger partial charge in [0, 0.05) is 0 Å². The number of unbranched alkanes of at least 4 members (excludes halogenated alkanes) is 4. The zero-order chi connectivity index (χ0) is 21.2. The van der Waals surface area contributed by atoms with Crippen molar-refractivity contribution in [2.45, 2.75) is 142 Å². The summed E-state index contributed by atoms with van der Waals surface area (Å²) in [5, 5.41) is 9.86. The summed E-state index contributed by atoms with van der Waals surface area (Å²) in [6.07, 6.45) is 28.2. The van der Waals surface area contributed by atoms with Gasteiger partial charge in [0.15, 0.2) is 0 Å². The molecule has 0 aromatic rings. The van der Waals surface area contributed by atoms with Gasteiger partial charge in [-0.2, -0.15) is 5.26 Å². The molecule has 0 saturated heterocycles. The van der Waals surface area contributed by atoms with Gasteiger partial charge in [0.05, 0.1) is 11.5 Å². The summed E-state index contributed by atoms with van der Waals surface area (Å²) >= 11 is 0. The van der Waals surface area contributed by atoms with Crippen LogP contribution in [0.3, 0.4) is 0 Å². The van der Waals surface area contributed by atoms with Gasteiger partial charge in [0.1, 0.15) is 0 Å². The van der Waals surface area contributed by atoms with Gasteiger partial charge in [0.2, 0.25) is 0 Å². The number of hydrogen-bond donors (Lipinski definition) is 0. The minimum atomic E-state index is 0.0312. The molecule has 3 aliphatic rings. The largest absolute Gasteiger partial charge is 0.198 e. The second-order valence-corrected chi connectivity index (χ2v) is 11.7. The molecule has 0 N–H and O–H groups in total. The van der Waals surface area contributed by atoms with Crippen molar-refractivity contribution in [1.82, 2.24) is 0 Å². The Hall–Kier alpha value is -0.510. The van der Waals surface area contributed by atoms with Crippen molar-refractivity contribution in [2.24, 2.45) is 35.0 Å². The molecule has 0 spiro atoms. The van der Waals surface area contributed by atoms with E-state index in [4.69, 9.17) is 0 Å². The van der Waals surface area contributed by atoms with Gasteiger partial charge >= 0.3 is 0 Å². The topological polar surface area (TPSA) is 23.8 Å². The molecule has 2 atom stereocenters. The van der Waals surface area contributed by atoms with Crippen LogP contribution in [-0.4, -0.2) is 0 Å². The first-order chi connectivity index (χ1) is 14.7. The maximum atomic E-state index is 9.86. The molecule has 3 rings (SSSR count). The summed E-state index contributed by atoms with van der Waals surface area (Å²) in [4.78, 5) is 0. The first kappa shape index (κ1) is 24.1. The Bertz CT molecular complexity index is 499. The average molecular weight is 414 g/mol. The molecule has 2 unspecified atom stereocenters. The van der Waals surface area contributed by atoms with Crippen LogP contribution < -0.4 is 0 Å². The van der Waals surface area contributed by atoms with E-state index in [-0.39, 0.29) is 5.41 Å². The van der Waals surface area contributed by atoms with Crippen molar-refractivity contribution >= 4 is 0 Å². The predicted octanol–water partition coefficient (Wildman–Crippen LogP) is 9.46. The molecule has 172 valence electrons. The quantitative estimate of drug-likeness (QED) is 0.327. The first-order valence-electron chi connectivity index (χ1n) is 14.1. The highest BCUT2D eigenvalue weighted by Gasteiger charge is 2.40. The highest BCUT2D eigenvalue weighted by Crippen LogP contribution is 2.50. The molecule has 0 amide bonds. The van der Waals surface area contributed by atoms with Crippen LogP contribution in [0.2, 0.25) is 0 Å². The summed E-state index contributed by atoms with van der Waals surface area (Å²) < 4.78 is 0. The van der Waals surface area contributed by atoms with Crippen LogP contribution in [0.5, 0.6) is 0 Å². The summed E-state index contributed by atoms with van der Waals surface area (Å²) in [7, 11) is 0. The molecule has 0 radical (unpaired) electrons. The second kappa shape index (κ2) is 12.5. The Balaban J connectivity index is 1.35. The smallest absolute Gasteiger partial charge is 0.0689 e. The van der Waals surface area contributed by atoms with Gasteiger partial charge in [-0.05, 0) is 87.4 Å². The van der Waals surface area contributed by atoms with Crippen molar-refractivity contribution in [1.29, 1.82) is 5.26 Å². The summed E-state index contributed by atoms with van der Waals surface area (Å²) in [6.45, 7) is 4.57. The molecule has 0 heterocycles. The van der Waals surface area contributed by atoms with E-state index in [9.17, 15) is 5.26 Å². The number of hydrogen-bond acceptors (Lipinski definition) is 1. The third kappa shape index (κ3) is 6.74. The third-order valence-corrected chi connectivity index (χ3v) is 9.61. The highest BCUT2D eigenvalue weighted by molar-refractivity contribution is 5.03. The zero-order valence-electron chi connectivity index (χ0n) is 20.5. The Morgan fingerprint density at radius 3 is 1.90 bits per heavy atom. The molecular weight excluding hydrogens is 362 g/mol. The fourth-order valence-electron chi connectivity index (χ4n) is 7.75. The molecular formula is C29H51N. The fraction of sp³-hybridized carbons (Fsp3) is 0.966. The Morgan fingerprint density at radius 2 is 1.30 bits per heavy atom. The van der Waals surface area contributed by atoms with E-state index in [0.717, 1.165) is 36.0 Å². The third-order valence-electron chi connectivity index (χ3n) is 9.61. The molecule has 1 heteroatoms. The summed E-state index contributed by atoms with van der Waals surface area (Å²) in [5.74, 6) is 4.93. The van der Waals surface area contributed by atoms with Crippen LogP contribution in [-0.2, 0) is 0 Å². The van der Waals surface area contributed by atoms with Crippen LogP contribution >= 0.6 is 0 Å². The molecule has 0 bridgehead atoms. The molecule has 3 aliphatic carbocycles. The van der Waals surface area contributed by atoms with E-state index >= 15 is 0 Å². The maximum Gasteiger partial charge on any atom is 0.0689 e. The van der Waals surface area contributed by atoms with Gasteiger partial charge in [-0.1, -0.05) is 84.5 Å².